The second-order valence-electron chi connectivity index (χ2n) is 4.06. The van der Waals surface area contributed by atoms with Crippen molar-refractivity contribution >= 4 is 17.3 Å². The topological polar surface area (TPSA) is 109 Å². The third kappa shape index (κ3) is 3.62. The number of hydrogen-bond donors (Lipinski definition) is 3. The summed E-state index contributed by atoms with van der Waals surface area (Å²) in [6.07, 6.45) is 0. The van der Waals surface area contributed by atoms with Crippen LogP contribution >= 0.6 is 0 Å². The van der Waals surface area contributed by atoms with Gasteiger partial charge in [0, 0.05) is 13.2 Å². The fourth-order valence-corrected chi connectivity index (χ4v) is 1.65. The molecular weight excluding hydrogens is 275 g/mol. The van der Waals surface area contributed by atoms with Crippen LogP contribution in [0.3, 0.4) is 0 Å². The molecule has 7 nitrogen and oxygen atoms in total. The number of halogens is 1. The van der Waals surface area contributed by atoms with E-state index in [1.165, 1.54) is 25.3 Å². The van der Waals surface area contributed by atoms with Crippen LogP contribution < -0.4 is 16.6 Å². The number of benzene rings is 1. The van der Waals surface area contributed by atoms with Gasteiger partial charge in [0.25, 0.3) is 0 Å². The predicted molar refractivity (Wildman–Crippen MR) is 75.0 cm³/mol. The minimum Gasteiger partial charge on any atom is -0.377 e. The van der Waals surface area contributed by atoms with E-state index in [9.17, 15) is 4.39 Å². The van der Waals surface area contributed by atoms with Crippen LogP contribution in [-0.4, -0.2) is 17.1 Å². The minimum atomic E-state index is -0.553. The van der Waals surface area contributed by atoms with Crippen molar-refractivity contribution < 1.29 is 9.13 Å². The lowest BCUT2D eigenvalue weighted by Crippen LogP contribution is -2.12. The molecule has 1 heterocycles. The average Bonchev–Trinajstić information content (AvgIpc) is 2.49. The first-order valence-electron chi connectivity index (χ1n) is 5.96. The highest BCUT2D eigenvalue weighted by atomic mass is 19.1. The van der Waals surface area contributed by atoms with Crippen LogP contribution in [0.5, 0.6) is 0 Å². The molecule has 0 aliphatic heterocycles. The Balaban J connectivity index is 2.30. The van der Waals surface area contributed by atoms with Gasteiger partial charge in [-0.25, -0.2) is 20.2 Å². The number of rotatable bonds is 5. The number of nitrogens with zero attached hydrogens (tertiary/aromatic N) is 3. The fourth-order valence-electron chi connectivity index (χ4n) is 1.65. The zero-order valence-electron chi connectivity index (χ0n) is 11.2. The summed E-state index contributed by atoms with van der Waals surface area (Å²) >= 11 is 0. The highest BCUT2D eigenvalue weighted by Gasteiger charge is 2.08. The first-order valence-corrected chi connectivity index (χ1v) is 5.96. The Morgan fingerprint density at radius 1 is 1.33 bits per heavy atom. The minimum absolute atomic E-state index is 0.194. The van der Waals surface area contributed by atoms with E-state index in [2.05, 4.69) is 20.7 Å². The number of nitrogens with two attached hydrogens (primary N) is 1. The Bertz CT molecular complexity index is 685. The van der Waals surface area contributed by atoms with Gasteiger partial charge in [-0.2, -0.15) is 5.26 Å². The number of aromatic nitrogens is 2. The van der Waals surface area contributed by atoms with Crippen molar-refractivity contribution in [1.82, 2.24) is 9.97 Å². The van der Waals surface area contributed by atoms with Crippen molar-refractivity contribution in [3.05, 3.63) is 41.5 Å². The molecule has 21 heavy (non-hydrogen) atoms. The van der Waals surface area contributed by atoms with Crippen LogP contribution in [0, 0.1) is 17.1 Å². The maximum absolute atomic E-state index is 13.8. The maximum atomic E-state index is 13.8. The van der Waals surface area contributed by atoms with Gasteiger partial charge in [-0.1, -0.05) is 0 Å². The van der Waals surface area contributed by atoms with Gasteiger partial charge in [0.05, 0.1) is 17.3 Å². The molecule has 0 atom stereocenters. The van der Waals surface area contributed by atoms with Crippen LogP contribution in [0.4, 0.5) is 21.7 Å². The maximum Gasteiger partial charge on any atom is 0.158 e. The Morgan fingerprint density at radius 2 is 2.10 bits per heavy atom. The van der Waals surface area contributed by atoms with Gasteiger partial charge >= 0.3 is 0 Å². The van der Waals surface area contributed by atoms with Gasteiger partial charge in [0.15, 0.2) is 5.82 Å². The van der Waals surface area contributed by atoms with E-state index in [1.54, 1.807) is 0 Å². The van der Waals surface area contributed by atoms with Gasteiger partial charge in [-0.3, -0.25) is 0 Å². The van der Waals surface area contributed by atoms with E-state index in [1.807, 2.05) is 6.07 Å². The van der Waals surface area contributed by atoms with Gasteiger partial charge in [0.1, 0.15) is 24.1 Å². The van der Waals surface area contributed by atoms with Crippen LogP contribution in [0.25, 0.3) is 0 Å². The van der Waals surface area contributed by atoms with E-state index in [4.69, 9.17) is 15.8 Å². The molecule has 0 aliphatic carbocycles. The van der Waals surface area contributed by atoms with Crippen LogP contribution in [0.15, 0.2) is 24.3 Å². The van der Waals surface area contributed by atoms with Crippen molar-refractivity contribution in [1.29, 1.82) is 5.26 Å². The lowest BCUT2D eigenvalue weighted by molar-refractivity contribution is 0.178. The highest BCUT2D eigenvalue weighted by molar-refractivity contribution is 5.60. The van der Waals surface area contributed by atoms with E-state index in [0.29, 0.717) is 17.5 Å². The number of hydrogen-bond acceptors (Lipinski definition) is 7. The summed E-state index contributed by atoms with van der Waals surface area (Å²) in [6, 6.07) is 7.50. The molecule has 108 valence electrons. The summed E-state index contributed by atoms with van der Waals surface area (Å²) in [4.78, 5) is 8.26. The Labute approximate surface area is 120 Å². The molecule has 0 fully saturated rings. The summed E-state index contributed by atoms with van der Waals surface area (Å²) in [5, 5.41) is 11.5. The molecule has 0 aliphatic rings. The molecule has 1 aromatic carbocycles. The van der Waals surface area contributed by atoms with Gasteiger partial charge in [-0.15, -0.1) is 0 Å². The molecule has 0 spiro atoms. The second-order valence-corrected chi connectivity index (χ2v) is 4.06. The zero-order chi connectivity index (χ0) is 15.2. The molecule has 4 N–H and O–H groups in total. The van der Waals surface area contributed by atoms with Crippen molar-refractivity contribution in [2.45, 2.75) is 6.61 Å². The second kappa shape index (κ2) is 6.60. The van der Waals surface area contributed by atoms with Gasteiger partial charge < -0.3 is 15.5 Å². The number of anilines is 3. The molecule has 0 radical (unpaired) electrons. The first-order chi connectivity index (χ1) is 10.2. The molecule has 8 heteroatoms. The molecule has 0 saturated carbocycles. The summed E-state index contributed by atoms with van der Waals surface area (Å²) in [7, 11) is 1.51. The van der Waals surface area contributed by atoms with Crippen LogP contribution in [-0.2, 0) is 11.3 Å². The number of hydrazine groups is 1. The molecular formula is C13H13FN6O. The van der Waals surface area contributed by atoms with Crippen LogP contribution in [0.1, 0.15) is 11.4 Å². The summed E-state index contributed by atoms with van der Waals surface area (Å²) < 4.78 is 18.8. The molecule has 0 bridgehead atoms. The van der Waals surface area contributed by atoms with Crippen molar-refractivity contribution in [2.24, 2.45) is 5.84 Å². The smallest absolute Gasteiger partial charge is 0.158 e. The number of methoxy groups -OCH3 is 1. The monoisotopic (exact) mass is 288 g/mol. The molecule has 0 unspecified atom stereocenters. The Kier molecular flexibility index (Phi) is 4.61. The lowest BCUT2D eigenvalue weighted by atomic mass is 10.2. The summed E-state index contributed by atoms with van der Waals surface area (Å²) in [5.41, 5.74) is 2.84. The molecule has 2 aromatic rings. The lowest BCUT2D eigenvalue weighted by Gasteiger charge is -2.10. The predicted octanol–water partition coefficient (Wildman–Crippen LogP) is 1.66. The number of ether oxygens (including phenoxy) is 1. The van der Waals surface area contributed by atoms with E-state index in [0.717, 1.165) is 6.07 Å². The van der Waals surface area contributed by atoms with Crippen molar-refractivity contribution in [3.8, 4) is 6.07 Å². The summed E-state index contributed by atoms with van der Waals surface area (Å²) in [6.45, 7) is 0.194. The standard InChI is InChI=1S/C13H13FN6O/c1-21-7-13-18-11(5-12(19-13)20-16)17-10-3-2-8(6-15)4-9(10)14/h2-5H,7,16H2,1H3,(H2,17,18,19,20). The van der Waals surface area contributed by atoms with Crippen molar-refractivity contribution in [2.75, 3.05) is 17.9 Å². The molecule has 0 saturated heterocycles. The molecule has 0 amide bonds. The van der Waals surface area contributed by atoms with Gasteiger partial charge in [-0.05, 0) is 18.2 Å². The number of nitrogens with one attached hydrogen (secondary N) is 2. The third-order valence-electron chi connectivity index (χ3n) is 2.55. The van der Waals surface area contributed by atoms with Crippen molar-refractivity contribution in [3.63, 3.8) is 0 Å². The van der Waals surface area contributed by atoms with E-state index in [-0.39, 0.29) is 17.9 Å². The quantitative estimate of drug-likeness (QED) is 0.567. The van der Waals surface area contributed by atoms with E-state index >= 15 is 0 Å². The third-order valence-corrected chi connectivity index (χ3v) is 2.55. The normalized spacial score (nSPS) is 10.0. The SMILES string of the molecule is COCc1nc(NN)cc(Nc2ccc(C#N)cc2F)n1. The summed E-state index contributed by atoms with van der Waals surface area (Å²) in [5.74, 6) is 5.89. The fraction of sp³-hybridized carbons (Fsp3) is 0.154. The average molecular weight is 288 g/mol. The Hall–Kier alpha value is -2.76. The van der Waals surface area contributed by atoms with E-state index < -0.39 is 5.82 Å². The zero-order valence-corrected chi connectivity index (χ0v) is 11.2. The highest BCUT2D eigenvalue weighted by Crippen LogP contribution is 2.21. The first kappa shape index (κ1) is 14.6. The number of nitriles is 1. The largest absolute Gasteiger partial charge is 0.377 e. The van der Waals surface area contributed by atoms with Gasteiger partial charge in [0.2, 0.25) is 0 Å². The molecule has 1 aromatic heterocycles. The Morgan fingerprint density at radius 3 is 2.71 bits per heavy atom. The van der Waals surface area contributed by atoms with Crippen LogP contribution in [0.2, 0.25) is 0 Å². The molecule has 2 rings (SSSR count). The number of nitrogen functional groups attached to an aromatic ring is 1.